The Morgan fingerprint density at radius 1 is 1.31 bits per heavy atom. The summed E-state index contributed by atoms with van der Waals surface area (Å²) in [7, 11) is 0. The minimum absolute atomic E-state index is 0.0297. The number of aliphatic hydroxyl groups is 1. The fraction of sp³-hybridized carbons (Fsp3) is 0.889. The smallest absolute Gasteiger partial charge is 0.396 e. The average molecular weight is 243 g/mol. The lowest BCUT2D eigenvalue weighted by Crippen LogP contribution is -2.28. The Morgan fingerprint density at radius 2 is 2.00 bits per heavy atom. The van der Waals surface area contributed by atoms with E-state index in [-0.39, 0.29) is 32.1 Å². The molecule has 0 bridgehead atoms. The van der Waals surface area contributed by atoms with Gasteiger partial charge in [0, 0.05) is 19.6 Å². The van der Waals surface area contributed by atoms with E-state index < -0.39 is 12.8 Å². The molecule has 0 aliphatic carbocycles. The topological polar surface area (TPSA) is 58.6 Å². The third kappa shape index (κ3) is 11.3. The van der Waals surface area contributed by atoms with Crippen LogP contribution in [-0.4, -0.2) is 43.6 Å². The first-order valence-electron chi connectivity index (χ1n) is 4.98. The predicted molar refractivity (Wildman–Crippen MR) is 50.8 cm³/mol. The zero-order valence-corrected chi connectivity index (χ0v) is 8.85. The van der Waals surface area contributed by atoms with Gasteiger partial charge in [-0.3, -0.25) is 4.79 Å². The molecule has 0 fully saturated rings. The molecule has 4 nitrogen and oxygen atoms in total. The van der Waals surface area contributed by atoms with Gasteiger partial charge in [0.15, 0.2) is 0 Å². The van der Waals surface area contributed by atoms with Gasteiger partial charge in [-0.25, -0.2) is 0 Å². The van der Waals surface area contributed by atoms with Crippen LogP contribution in [0.1, 0.15) is 19.3 Å². The lowest BCUT2D eigenvalue weighted by atomic mass is 10.2. The maximum atomic E-state index is 11.6. The molecule has 0 radical (unpaired) electrons. The van der Waals surface area contributed by atoms with Crippen molar-refractivity contribution < 1.29 is 27.8 Å². The average Bonchev–Trinajstić information content (AvgIpc) is 2.16. The van der Waals surface area contributed by atoms with Gasteiger partial charge in [0.05, 0.1) is 6.61 Å². The number of hydrogen-bond acceptors (Lipinski definition) is 3. The standard InChI is InChI=1S/C9H16F3NO3/c10-9(11,12)7-16-6-4-13-8(15)3-1-2-5-14/h14H,1-7H2,(H,13,15). The van der Waals surface area contributed by atoms with Crippen molar-refractivity contribution in [3.8, 4) is 0 Å². The van der Waals surface area contributed by atoms with Crippen molar-refractivity contribution in [1.82, 2.24) is 5.32 Å². The van der Waals surface area contributed by atoms with Crippen molar-refractivity contribution in [1.29, 1.82) is 0 Å². The second kappa shape index (κ2) is 8.35. The Bertz CT molecular complexity index is 197. The SMILES string of the molecule is O=C(CCCCO)NCCOCC(F)(F)F. The van der Waals surface area contributed by atoms with Crippen LogP contribution in [0.25, 0.3) is 0 Å². The molecule has 0 heterocycles. The molecule has 7 heteroatoms. The summed E-state index contributed by atoms with van der Waals surface area (Å²) in [6.07, 6.45) is -2.96. The summed E-state index contributed by atoms with van der Waals surface area (Å²) in [5, 5.41) is 10.9. The Hall–Kier alpha value is -0.820. The quantitative estimate of drug-likeness (QED) is 0.621. The van der Waals surface area contributed by atoms with E-state index in [0.29, 0.717) is 12.8 Å². The second-order valence-corrected chi connectivity index (χ2v) is 3.20. The molecule has 16 heavy (non-hydrogen) atoms. The maximum absolute atomic E-state index is 11.6. The first-order valence-corrected chi connectivity index (χ1v) is 4.98. The van der Waals surface area contributed by atoms with Crippen LogP contribution in [0.2, 0.25) is 0 Å². The second-order valence-electron chi connectivity index (χ2n) is 3.20. The van der Waals surface area contributed by atoms with Gasteiger partial charge < -0.3 is 15.2 Å². The van der Waals surface area contributed by atoms with Gasteiger partial charge in [-0.15, -0.1) is 0 Å². The van der Waals surface area contributed by atoms with Crippen molar-refractivity contribution in [2.75, 3.05) is 26.4 Å². The van der Waals surface area contributed by atoms with Crippen LogP contribution in [0, 0.1) is 0 Å². The third-order valence-electron chi connectivity index (χ3n) is 1.65. The van der Waals surface area contributed by atoms with Gasteiger partial charge in [-0.2, -0.15) is 13.2 Å². The van der Waals surface area contributed by atoms with Crippen LogP contribution in [0.5, 0.6) is 0 Å². The number of amides is 1. The molecule has 0 unspecified atom stereocenters. The molecule has 0 saturated heterocycles. The zero-order valence-electron chi connectivity index (χ0n) is 8.85. The number of aliphatic hydroxyl groups excluding tert-OH is 1. The number of alkyl halides is 3. The Labute approximate surface area is 91.8 Å². The summed E-state index contributed by atoms with van der Waals surface area (Å²) in [5.74, 6) is -0.246. The van der Waals surface area contributed by atoms with E-state index in [1.165, 1.54) is 0 Å². The van der Waals surface area contributed by atoms with Crippen LogP contribution in [0.3, 0.4) is 0 Å². The van der Waals surface area contributed by atoms with Gasteiger partial charge in [0.2, 0.25) is 5.91 Å². The Kier molecular flexibility index (Phi) is 7.92. The van der Waals surface area contributed by atoms with Crippen molar-refractivity contribution in [3.63, 3.8) is 0 Å². The Balaban J connectivity index is 3.28. The van der Waals surface area contributed by atoms with E-state index in [1.807, 2.05) is 0 Å². The summed E-state index contributed by atoms with van der Waals surface area (Å²) in [6.45, 7) is -1.37. The van der Waals surface area contributed by atoms with E-state index in [2.05, 4.69) is 10.1 Å². The number of unbranched alkanes of at least 4 members (excludes halogenated alkanes) is 1. The third-order valence-corrected chi connectivity index (χ3v) is 1.65. The van der Waals surface area contributed by atoms with Crippen molar-refractivity contribution >= 4 is 5.91 Å². The summed E-state index contributed by atoms with van der Waals surface area (Å²) in [6, 6.07) is 0. The van der Waals surface area contributed by atoms with Gasteiger partial charge in [0.25, 0.3) is 0 Å². The number of halogens is 3. The number of carbonyl (C=O) groups excluding carboxylic acids is 1. The molecule has 0 saturated carbocycles. The molecule has 1 amide bonds. The van der Waals surface area contributed by atoms with E-state index in [9.17, 15) is 18.0 Å². The molecule has 0 aromatic heterocycles. The van der Waals surface area contributed by atoms with Crippen molar-refractivity contribution in [2.45, 2.75) is 25.4 Å². The molecule has 0 spiro atoms. The minimum atomic E-state index is -4.33. The molecule has 0 atom stereocenters. The molecule has 96 valence electrons. The first-order chi connectivity index (χ1) is 7.45. The molecule has 0 rings (SSSR count). The number of carbonyl (C=O) groups is 1. The van der Waals surface area contributed by atoms with Crippen molar-refractivity contribution in [3.05, 3.63) is 0 Å². The monoisotopic (exact) mass is 243 g/mol. The maximum Gasteiger partial charge on any atom is 0.411 e. The fourth-order valence-corrected chi connectivity index (χ4v) is 0.936. The van der Waals surface area contributed by atoms with Gasteiger partial charge in [-0.1, -0.05) is 0 Å². The predicted octanol–water partition coefficient (Wildman–Crippen LogP) is 0.844. The highest BCUT2D eigenvalue weighted by molar-refractivity contribution is 5.75. The molecule has 0 aliphatic heterocycles. The van der Waals surface area contributed by atoms with Gasteiger partial charge in [-0.05, 0) is 12.8 Å². The van der Waals surface area contributed by atoms with Crippen molar-refractivity contribution in [2.24, 2.45) is 0 Å². The lowest BCUT2D eigenvalue weighted by Gasteiger charge is -2.08. The van der Waals surface area contributed by atoms with E-state index in [1.54, 1.807) is 0 Å². The number of hydrogen-bond donors (Lipinski definition) is 2. The number of ether oxygens (including phenoxy) is 1. The van der Waals surface area contributed by atoms with Gasteiger partial charge >= 0.3 is 6.18 Å². The summed E-state index contributed by atoms with van der Waals surface area (Å²) in [5.41, 5.74) is 0. The highest BCUT2D eigenvalue weighted by Crippen LogP contribution is 2.13. The highest BCUT2D eigenvalue weighted by Gasteiger charge is 2.27. The van der Waals surface area contributed by atoms with Crippen LogP contribution in [0.4, 0.5) is 13.2 Å². The number of rotatable bonds is 8. The van der Waals surface area contributed by atoms with Crippen LogP contribution < -0.4 is 5.32 Å². The number of nitrogens with one attached hydrogen (secondary N) is 1. The van der Waals surface area contributed by atoms with Gasteiger partial charge in [0.1, 0.15) is 6.61 Å². The summed E-state index contributed by atoms with van der Waals surface area (Å²) in [4.78, 5) is 11.0. The molecule has 2 N–H and O–H groups in total. The summed E-state index contributed by atoms with van der Waals surface area (Å²) < 4.78 is 39.1. The summed E-state index contributed by atoms with van der Waals surface area (Å²) >= 11 is 0. The normalized spacial score (nSPS) is 11.5. The molecular formula is C9H16F3NO3. The molecule has 0 aliphatic rings. The van der Waals surface area contributed by atoms with E-state index in [0.717, 1.165) is 0 Å². The lowest BCUT2D eigenvalue weighted by molar-refractivity contribution is -0.173. The molecule has 0 aromatic rings. The highest BCUT2D eigenvalue weighted by atomic mass is 19.4. The first kappa shape index (κ1) is 15.2. The molecular weight excluding hydrogens is 227 g/mol. The fourth-order valence-electron chi connectivity index (χ4n) is 0.936. The van der Waals surface area contributed by atoms with Crippen LogP contribution in [0.15, 0.2) is 0 Å². The van der Waals surface area contributed by atoms with Crippen LogP contribution >= 0.6 is 0 Å². The minimum Gasteiger partial charge on any atom is -0.396 e. The zero-order chi connectivity index (χ0) is 12.4. The van der Waals surface area contributed by atoms with Crippen LogP contribution in [-0.2, 0) is 9.53 Å². The molecule has 0 aromatic carbocycles. The van der Waals surface area contributed by atoms with E-state index in [4.69, 9.17) is 5.11 Å². The largest absolute Gasteiger partial charge is 0.411 e. The van der Waals surface area contributed by atoms with E-state index >= 15 is 0 Å². The Morgan fingerprint density at radius 3 is 2.56 bits per heavy atom.